The maximum absolute atomic E-state index is 13.6. The number of ether oxygens (including phenoxy) is 1. The number of benzene rings is 2. The van der Waals surface area contributed by atoms with Crippen molar-refractivity contribution < 1.29 is 27.3 Å². The lowest BCUT2D eigenvalue weighted by molar-refractivity contribution is 0.113. The SMILES string of the molecule is CCOP(=O)(OCC)Oc1ccc2c(c1)OC(C)(C)C1=CCn3c(=O)n(-c4ccc(F)cc4)c(=O)n3C12. The van der Waals surface area contributed by atoms with E-state index >= 15 is 0 Å². The molecule has 2 aliphatic heterocycles. The van der Waals surface area contributed by atoms with E-state index in [0.717, 1.165) is 10.1 Å². The third-order valence-corrected chi connectivity index (χ3v) is 7.88. The predicted molar refractivity (Wildman–Crippen MR) is 133 cm³/mol. The minimum absolute atomic E-state index is 0.132. The minimum Gasteiger partial charge on any atom is -0.483 e. The van der Waals surface area contributed by atoms with Crippen LogP contribution in [0.25, 0.3) is 5.69 Å². The smallest absolute Gasteiger partial charge is 0.483 e. The van der Waals surface area contributed by atoms with E-state index in [0.29, 0.717) is 11.3 Å². The molecule has 0 aliphatic carbocycles. The molecule has 1 unspecified atom stereocenters. The van der Waals surface area contributed by atoms with Gasteiger partial charge in [0.05, 0.1) is 25.4 Å². The highest BCUT2D eigenvalue weighted by atomic mass is 31.2. The van der Waals surface area contributed by atoms with Crippen molar-refractivity contribution in [1.82, 2.24) is 13.9 Å². The summed E-state index contributed by atoms with van der Waals surface area (Å²) >= 11 is 0. The summed E-state index contributed by atoms with van der Waals surface area (Å²) in [7, 11) is -3.84. The quantitative estimate of drug-likeness (QED) is 0.333. The van der Waals surface area contributed by atoms with Gasteiger partial charge in [0.15, 0.2) is 0 Å². The van der Waals surface area contributed by atoms with Gasteiger partial charge in [0.2, 0.25) is 0 Å². The molecule has 0 saturated heterocycles. The molecule has 2 aromatic carbocycles. The molecule has 0 spiro atoms. The number of hydrogen-bond donors (Lipinski definition) is 0. The maximum Gasteiger partial charge on any atom is 0.530 e. The van der Waals surface area contributed by atoms with Crippen LogP contribution < -0.4 is 20.6 Å². The van der Waals surface area contributed by atoms with E-state index in [2.05, 4.69) is 0 Å². The van der Waals surface area contributed by atoms with Crippen LogP contribution in [0.5, 0.6) is 11.5 Å². The summed E-state index contributed by atoms with van der Waals surface area (Å²) in [6.45, 7) is 7.52. The zero-order valence-corrected chi connectivity index (χ0v) is 21.7. The first kappa shape index (κ1) is 25.3. The van der Waals surface area contributed by atoms with Crippen LogP contribution in [0.2, 0.25) is 0 Å². The van der Waals surface area contributed by atoms with E-state index in [1.165, 1.54) is 33.6 Å². The topological polar surface area (TPSA) is 103 Å². The first-order valence-corrected chi connectivity index (χ1v) is 13.4. The van der Waals surface area contributed by atoms with Gasteiger partial charge in [-0.2, -0.15) is 0 Å². The molecule has 3 aromatic rings. The van der Waals surface area contributed by atoms with Crippen LogP contribution in [0.4, 0.5) is 4.39 Å². The Morgan fingerprint density at radius 2 is 1.73 bits per heavy atom. The molecule has 10 nitrogen and oxygen atoms in total. The molecular formula is C25H27FN3O7P. The molecule has 196 valence electrons. The maximum atomic E-state index is 13.6. The van der Waals surface area contributed by atoms with Gasteiger partial charge in [0, 0.05) is 11.6 Å². The summed E-state index contributed by atoms with van der Waals surface area (Å²) in [5, 5.41) is 0. The summed E-state index contributed by atoms with van der Waals surface area (Å²) in [5.41, 5.74) is -0.238. The Morgan fingerprint density at radius 1 is 1.05 bits per heavy atom. The first-order chi connectivity index (χ1) is 17.6. The van der Waals surface area contributed by atoms with Crippen molar-refractivity contribution in [2.45, 2.75) is 45.9 Å². The summed E-state index contributed by atoms with van der Waals surface area (Å²) < 4.78 is 52.5. The van der Waals surface area contributed by atoms with E-state index in [1.54, 1.807) is 32.0 Å². The second-order valence-corrected chi connectivity index (χ2v) is 10.6. The summed E-state index contributed by atoms with van der Waals surface area (Å²) in [5.74, 6) is 0.129. The van der Waals surface area contributed by atoms with Gasteiger partial charge in [-0.25, -0.2) is 32.5 Å². The summed E-state index contributed by atoms with van der Waals surface area (Å²) in [6, 6.07) is 9.38. The molecule has 5 rings (SSSR count). The molecule has 37 heavy (non-hydrogen) atoms. The molecular weight excluding hydrogens is 504 g/mol. The number of aromatic nitrogens is 3. The van der Waals surface area contributed by atoms with Crippen LogP contribution in [-0.2, 0) is 20.2 Å². The van der Waals surface area contributed by atoms with Crippen molar-refractivity contribution in [3.8, 4) is 17.2 Å². The average Bonchev–Trinajstić information content (AvgIpc) is 3.09. The third kappa shape index (κ3) is 4.27. The lowest BCUT2D eigenvalue weighted by atomic mass is 9.83. The van der Waals surface area contributed by atoms with Crippen molar-refractivity contribution in [3.05, 3.63) is 86.5 Å². The Kier molecular flexibility index (Phi) is 6.26. The van der Waals surface area contributed by atoms with E-state index < -0.39 is 36.7 Å². The Balaban J connectivity index is 1.63. The van der Waals surface area contributed by atoms with Crippen molar-refractivity contribution in [2.24, 2.45) is 0 Å². The van der Waals surface area contributed by atoms with E-state index in [1.807, 2.05) is 19.9 Å². The minimum atomic E-state index is -3.84. The fourth-order valence-corrected chi connectivity index (χ4v) is 5.96. The van der Waals surface area contributed by atoms with Crippen LogP contribution in [0, 0.1) is 5.82 Å². The van der Waals surface area contributed by atoms with Gasteiger partial charge >= 0.3 is 19.2 Å². The highest BCUT2D eigenvalue weighted by Crippen LogP contribution is 2.52. The molecule has 1 atom stereocenters. The summed E-state index contributed by atoms with van der Waals surface area (Å²) in [4.78, 5) is 26.9. The number of fused-ring (bicyclic) bond motifs is 5. The second kappa shape index (κ2) is 9.16. The second-order valence-electron chi connectivity index (χ2n) is 9.05. The highest BCUT2D eigenvalue weighted by Gasteiger charge is 2.44. The number of halogens is 1. The Bertz CT molecular complexity index is 1540. The van der Waals surface area contributed by atoms with E-state index in [9.17, 15) is 18.5 Å². The molecule has 3 heterocycles. The first-order valence-electron chi connectivity index (χ1n) is 11.9. The summed E-state index contributed by atoms with van der Waals surface area (Å²) in [6.07, 6.45) is 1.88. The standard InChI is InChI=1S/C25H27FN3O7P/c1-5-33-37(32,34-6-2)36-18-11-12-19-21(15-18)35-25(3,4)20-13-14-27-23(30)28(24(31)29(27)22(19)20)17-9-7-16(26)8-10-17/h7-13,15,22H,5-6,14H2,1-4H3. The number of hydrogen-bond acceptors (Lipinski definition) is 7. The molecule has 0 bridgehead atoms. The zero-order chi connectivity index (χ0) is 26.5. The Labute approximate surface area is 212 Å². The Hall–Kier alpha value is -3.40. The lowest BCUT2D eigenvalue weighted by Gasteiger charge is -2.42. The molecule has 2 aliphatic rings. The van der Waals surface area contributed by atoms with Crippen LogP contribution in [-0.4, -0.2) is 32.7 Å². The van der Waals surface area contributed by atoms with Gasteiger partial charge in [0.1, 0.15) is 29.0 Å². The third-order valence-electron chi connectivity index (χ3n) is 6.30. The predicted octanol–water partition coefficient (Wildman–Crippen LogP) is 4.20. The van der Waals surface area contributed by atoms with Crippen LogP contribution in [0.1, 0.15) is 39.3 Å². The van der Waals surface area contributed by atoms with E-state index in [-0.39, 0.29) is 31.2 Å². The highest BCUT2D eigenvalue weighted by molar-refractivity contribution is 7.48. The molecule has 0 radical (unpaired) electrons. The zero-order valence-electron chi connectivity index (χ0n) is 20.8. The van der Waals surface area contributed by atoms with Gasteiger partial charge in [-0.05, 0) is 69.7 Å². The number of rotatable bonds is 7. The van der Waals surface area contributed by atoms with Crippen LogP contribution in [0.3, 0.4) is 0 Å². The number of nitrogens with zero attached hydrogens (tertiary/aromatic N) is 3. The van der Waals surface area contributed by atoms with Crippen molar-refractivity contribution >= 4 is 7.82 Å². The fraction of sp³-hybridized carbons (Fsp3) is 0.360. The van der Waals surface area contributed by atoms with Gasteiger partial charge < -0.3 is 9.26 Å². The largest absolute Gasteiger partial charge is 0.530 e. The molecule has 12 heteroatoms. The van der Waals surface area contributed by atoms with Crippen molar-refractivity contribution in [2.75, 3.05) is 13.2 Å². The molecule has 0 amide bonds. The number of phosphoric ester groups is 1. The van der Waals surface area contributed by atoms with Crippen molar-refractivity contribution in [3.63, 3.8) is 0 Å². The molecule has 0 fully saturated rings. The van der Waals surface area contributed by atoms with Crippen LogP contribution >= 0.6 is 7.82 Å². The molecule has 1 aromatic heterocycles. The normalized spacial score (nSPS) is 17.8. The van der Waals surface area contributed by atoms with Gasteiger partial charge in [0.25, 0.3) is 0 Å². The van der Waals surface area contributed by atoms with Gasteiger partial charge in [-0.1, -0.05) is 6.08 Å². The fourth-order valence-electron chi connectivity index (χ4n) is 4.78. The molecule has 0 N–H and O–H groups in total. The average molecular weight is 531 g/mol. The number of allylic oxidation sites excluding steroid dienone is 1. The number of phosphoric acid groups is 1. The van der Waals surface area contributed by atoms with Gasteiger partial charge in [-0.15, -0.1) is 0 Å². The van der Waals surface area contributed by atoms with Gasteiger partial charge in [-0.3, -0.25) is 9.05 Å². The van der Waals surface area contributed by atoms with E-state index in [4.69, 9.17) is 18.3 Å². The Morgan fingerprint density at radius 3 is 2.38 bits per heavy atom. The van der Waals surface area contributed by atoms with Crippen LogP contribution in [0.15, 0.2) is 63.7 Å². The lowest BCUT2D eigenvalue weighted by Crippen LogP contribution is -2.46. The van der Waals surface area contributed by atoms with Crippen molar-refractivity contribution in [1.29, 1.82) is 0 Å². The monoisotopic (exact) mass is 531 g/mol. The molecule has 0 saturated carbocycles.